The predicted octanol–water partition coefficient (Wildman–Crippen LogP) is 3.14. The number of aliphatic imine (C=N–C) groups is 1. The standard InChI is InChI=1S/C12H24N2S/c1-8(2)9(3)7-13-12-14-10(4)6-11(5)15-12/h8-11H,6-7H2,1-5H3,(H,13,14). The van der Waals surface area contributed by atoms with Crippen molar-refractivity contribution >= 4 is 16.9 Å². The van der Waals surface area contributed by atoms with Gasteiger partial charge >= 0.3 is 0 Å². The first-order chi connectivity index (χ1) is 6.99. The van der Waals surface area contributed by atoms with Crippen molar-refractivity contribution in [2.45, 2.75) is 52.3 Å². The normalized spacial score (nSPS) is 31.7. The highest BCUT2D eigenvalue weighted by Gasteiger charge is 2.19. The van der Waals surface area contributed by atoms with E-state index in [1.807, 2.05) is 11.8 Å². The van der Waals surface area contributed by atoms with Gasteiger partial charge < -0.3 is 5.32 Å². The van der Waals surface area contributed by atoms with Crippen LogP contribution in [0.4, 0.5) is 0 Å². The molecule has 0 aromatic rings. The molecule has 0 radical (unpaired) electrons. The second-order valence-electron chi connectivity index (χ2n) is 5.08. The number of hydrogen-bond donors (Lipinski definition) is 1. The number of rotatable bonds is 3. The number of nitrogens with one attached hydrogen (secondary N) is 1. The molecule has 1 rings (SSSR count). The van der Waals surface area contributed by atoms with E-state index in [9.17, 15) is 0 Å². The summed E-state index contributed by atoms with van der Waals surface area (Å²) in [7, 11) is 0. The van der Waals surface area contributed by atoms with E-state index in [0.29, 0.717) is 17.2 Å². The molecule has 0 amide bonds. The summed E-state index contributed by atoms with van der Waals surface area (Å²) in [6.45, 7) is 12.3. The van der Waals surface area contributed by atoms with Crippen molar-refractivity contribution in [1.29, 1.82) is 0 Å². The lowest BCUT2D eigenvalue weighted by Gasteiger charge is -2.27. The monoisotopic (exact) mass is 228 g/mol. The topological polar surface area (TPSA) is 24.4 Å². The summed E-state index contributed by atoms with van der Waals surface area (Å²) >= 11 is 1.88. The lowest BCUT2D eigenvalue weighted by atomic mass is 9.99. The molecule has 0 saturated carbocycles. The molecule has 1 N–H and O–H groups in total. The van der Waals surface area contributed by atoms with E-state index < -0.39 is 0 Å². The molecule has 3 atom stereocenters. The summed E-state index contributed by atoms with van der Waals surface area (Å²) in [4.78, 5) is 4.67. The summed E-state index contributed by atoms with van der Waals surface area (Å²) in [6.07, 6.45) is 1.24. The molecule has 2 nitrogen and oxygen atoms in total. The van der Waals surface area contributed by atoms with E-state index in [2.05, 4.69) is 44.9 Å². The Bertz CT molecular complexity index is 214. The third kappa shape index (κ3) is 4.45. The van der Waals surface area contributed by atoms with Gasteiger partial charge in [-0.25, -0.2) is 0 Å². The van der Waals surface area contributed by atoms with Crippen molar-refractivity contribution in [2.24, 2.45) is 16.8 Å². The van der Waals surface area contributed by atoms with Crippen LogP contribution in [0.25, 0.3) is 0 Å². The molecule has 1 fully saturated rings. The van der Waals surface area contributed by atoms with Crippen LogP contribution in [0.2, 0.25) is 0 Å². The van der Waals surface area contributed by atoms with E-state index in [1.165, 1.54) is 6.42 Å². The molecule has 0 bridgehead atoms. The van der Waals surface area contributed by atoms with Crippen molar-refractivity contribution in [3.05, 3.63) is 0 Å². The van der Waals surface area contributed by atoms with Crippen LogP contribution in [-0.2, 0) is 0 Å². The van der Waals surface area contributed by atoms with E-state index in [4.69, 9.17) is 0 Å². The fraction of sp³-hybridized carbons (Fsp3) is 0.917. The smallest absolute Gasteiger partial charge is 0.157 e. The Labute approximate surface area is 98.3 Å². The summed E-state index contributed by atoms with van der Waals surface area (Å²) < 4.78 is 0. The van der Waals surface area contributed by atoms with Gasteiger partial charge in [0, 0.05) is 17.8 Å². The minimum absolute atomic E-state index is 0.578. The highest BCUT2D eigenvalue weighted by Crippen LogP contribution is 2.22. The van der Waals surface area contributed by atoms with Gasteiger partial charge in [0.05, 0.1) is 0 Å². The zero-order chi connectivity index (χ0) is 11.4. The SMILES string of the molecule is CC1CC(C)SC(=NCC(C)C(C)C)N1. The minimum Gasteiger partial charge on any atom is -0.362 e. The Hall–Kier alpha value is -0.180. The van der Waals surface area contributed by atoms with Crippen LogP contribution in [0.5, 0.6) is 0 Å². The second kappa shape index (κ2) is 5.78. The predicted molar refractivity (Wildman–Crippen MR) is 70.6 cm³/mol. The van der Waals surface area contributed by atoms with Gasteiger partial charge in [0.15, 0.2) is 5.17 Å². The molecule has 0 aromatic heterocycles. The maximum absolute atomic E-state index is 4.67. The third-order valence-corrected chi connectivity index (χ3v) is 4.09. The number of thioether (sulfide) groups is 1. The summed E-state index contributed by atoms with van der Waals surface area (Å²) in [6, 6.07) is 0.578. The van der Waals surface area contributed by atoms with E-state index in [-0.39, 0.29) is 0 Å². The minimum atomic E-state index is 0.578. The van der Waals surface area contributed by atoms with Gasteiger partial charge in [0.1, 0.15) is 0 Å². The van der Waals surface area contributed by atoms with Crippen molar-refractivity contribution in [1.82, 2.24) is 5.32 Å². The van der Waals surface area contributed by atoms with Crippen LogP contribution < -0.4 is 5.32 Å². The quantitative estimate of drug-likeness (QED) is 0.802. The van der Waals surface area contributed by atoms with Crippen LogP contribution in [0.3, 0.4) is 0 Å². The maximum Gasteiger partial charge on any atom is 0.157 e. The lowest BCUT2D eigenvalue weighted by molar-refractivity contribution is 0.430. The number of amidine groups is 1. The van der Waals surface area contributed by atoms with Crippen LogP contribution in [-0.4, -0.2) is 23.0 Å². The molecular weight excluding hydrogens is 204 g/mol. The summed E-state index contributed by atoms with van der Waals surface area (Å²) in [5, 5.41) is 5.30. The van der Waals surface area contributed by atoms with Gasteiger partial charge in [-0.05, 0) is 25.2 Å². The van der Waals surface area contributed by atoms with Crippen molar-refractivity contribution < 1.29 is 0 Å². The van der Waals surface area contributed by atoms with E-state index in [0.717, 1.165) is 17.6 Å². The Morgan fingerprint density at radius 1 is 1.40 bits per heavy atom. The molecule has 0 aliphatic carbocycles. The van der Waals surface area contributed by atoms with Crippen LogP contribution in [0.1, 0.15) is 41.0 Å². The molecule has 0 aromatic carbocycles. The Kier molecular flexibility index (Phi) is 4.97. The fourth-order valence-electron chi connectivity index (χ4n) is 1.56. The Morgan fingerprint density at radius 2 is 2.07 bits per heavy atom. The maximum atomic E-state index is 4.67. The average Bonchev–Trinajstić information content (AvgIpc) is 2.12. The van der Waals surface area contributed by atoms with Gasteiger partial charge in [-0.1, -0.05) is 39.5 Å². The molecule has 88 valence electrons. The number of hydrogen-bond acceptors (Lipinski definition) is 2. The largest absolute Gasteiger partial charge is 0.362 e. The van der Waals surface area contributed by atoms with Crippen molar-refractivity contribution in [3.63, 3.8) is 0 Å². The first kappa shape index (κ1) is 12.9. The van der Waals surface area contributed by atoms with Crippen LogP contribution in [0.15, 0.2) is 4.99 Å². The molecule has 1 aliphatic heterocycles. The molecule has 1 heterocycles. The zero-order valence-corrected chi connectivity index (χ0v) is 11.4. The lowest BCUT2D eigenvalue weighted by Crippen LogP contribution is -2.38. The average molecular weight is 228 g/mol. The third-order valence-electron chi connectivity index (χ3n) is 3.03. The van der Waals surface area contributed by atoms with Gasteiger partial charge in [0.25, 0.3) is 0 Å². The van der Waals surface area contributed by atoms with Gasteiger partial charge in [-0.3, -0.25) is 4.99 Å². The molecule has 3 unspecified atom stereocenters. The van der Waals surface area contributed by atoms with Crippen molar-refractivity contribution in [3.8, 4) is 0 Å². The Balaban J connectivity index is 2.44. The fourth-order valence-corrected chi connectivity index (χ4v) is 2.75. The molecule has 1 saturated heterocycles. The van der Waals surface area contributed by atoms with E-state index >= 15 is 0 Å². The number of nitrogens with zero attached hydrogens (tertiary/aromatic N) is 1. The molecular formula is C12H24N2S. The summed E-state index contributed by atoms with van der Waals surface area (Å²) in [5.74, 6) is 1.39. The first-order valence-corrected chi connectivity index (χ1v) is 6.84. The molecule has 15 heavy (non-hydrogen) atoms. The van der Waals surface area contributed by atoms with Gasteiger partial charge in [-0.2, -0.15) is 0 Å². The van der Waals surface area contributed by atoms with Crippen LogP contribution >= 0.6 is 11.8 Å². The molecule has 3 heteroatoms. The van der Waals surface area contributed by atoms with E-state index in [1.54, 1.807) is 0 Å². The van der Waals surface area contributed by atoms with Crippen LogP contribution in [0, 0.1) is 11.8 Å². The van der Waals surface area contributed by atoms with Gasteiger partial charge in [-0.15, -0.1) is 0 Å². The summed E-state index contributed by atoms with van der Waals surface area (Å²) in [5.41, 5.74) is 0. The highest BCUT2D eigenvalue weighted by molar-refractivity contribution is 8.14. The molecule has 1 aliphatic rings. The highest BCUT2D eigenvalue weighted by atomic mass is 32.2. The second-order valence-corrected chi connectivity index (χ2v) is 6.50. The van der Waals surface area contributed by atoms with Crippen molar-refractivity contribution in [2.75, 3.05) is 6.54 Å². The Morgan fingerprint density at radius 3 is 2.60 bits per heavy atom. The first-order valence-electron chi connectivity index (χ1n) is 5.96. The molecule has 0 spiro atoms. The van der Waals surface area contributed by atoms with Gasteiger partial charge in [0.2, 0.25) is 0 Å². The zero-order valence-electron chi connectivity index (χ0n) is 10.6.